The van der Waals surface area contributed by atoms with Gasteiger partial charge in [-0.25, -0.2) is 9.89 Å². The average molecular weight is 689 g/mol. The van der Waals surface area contributed by atoms with E-state index in [1.165, 1.54) is 225 Å². The quantitative estimate of drug-likeness (QED) is 0.0497. The highest BCUT2D eigenvalue weighted by atomic mass is 16.1. The Labute approximate surface area is 308 Å². The molecule has 1 aliphatic heterocycles. The molecule has 1 amide bonds. The van der Waals surface area contributed by atoms with E-state index in [0.717, 1.165) is 26.1 Å². The SMILES string of the molecule is CCCCCCCCCCCCCCCCCCCCCC(=O)NCC[N+]1=CCNC1CCCCCCCCCCCCCCCCCC. The van der Waals surface area contributed by atoms with Crippen molar-refractivity contribution in [1.82, 2.24) is 10.6 Å². The van der Waals surface area contributed by atoms with Gasteiger partial charge in [0.1, 0.15) is 0 Å². The Hall–Kier alpha value is -0.900. The molecule has 290 valence electrons. The number of hydrogen-bond donors (Lipinski definition) is 2. The summed E-state index contributed by atoms with van der Waals surface area (Å²) in [7, 11) is 0. The Morgan fingerprint density at radius 2 is 0.837 bits per heavy atom. The van der Waals surface area contributed by atoms with Crippen LogP contribution < -0.4 is 10.6 Å². The predicted molar refractivity (Wildman–Crippen MR) is 218 cm³/mol. The fourth-order valence-electron chi connectivity index (χ4n) is 7.73. The molecular formula is C45H90N3O+. The van der Waals surface area contributed by atoms with Gasteiger partial charge < -0.3 is 5.32 Å². The van der Waals surface area contributed by atoms with Gasteiger partial charge in [0.05, 0.1) is 13.1 Å². The van der Waals surface area contributed by atoms with E-state index in [0.29, 0.717) is 12.6 Å². The summed E-state index contributed by atoms with van der Waals surface area (Å²) in [6, 6.07) is 0. The van der Waals surface area contributed by atoms with Gasteiger partial charge in [-0.15, -0.1) is 0 Å². The van der Waals surface area contributed by atoms with Gasteiger partial charge in [0.15, 0.2) is 12.8 Å². The molecule has 0 aromatic rings. The van der Waals surface area contributed by atoms with Crippen molar-refractivity contribution < 1.29 is 9.37 Å². The molecule has 0 spiro atoms. The molecule has 4 nitrogen and oxygen atoms in total. The van der Waals surface area contributed by atoms with Gasteiger partial charge in [-0.2, -0.15) is 0 Å². The summed E-state index contributed by atoms with van der Waals surface area (Å²) < 4.78 is 2.43. The Balaban J connectivity index is 1.81. The number of carbonyl (C=O) groups is 1. The van der Waals surface area contributed by atoms with Crippen LogP contribution in [0.1, 0.15) is 251 Å². The Bertz CT molecular complexity index is 707. The van der Waals surface area contributed by atoms with Gasteiger partial charge in [0.25, 0.3) is 0 Å². The minimum atomic E-state index is 0.244. The molecule has 0 bridgehead atoms. The summed E-state index contributed by atoms with van der Waals surface area (Å²) in [5.74, 6) is 0.244. The van der Waals surface area contributed by atoms with Gasteiger partial charge in [0.2, 0.25) is 12.1 Å². The zero-order chi connectivity index (χ0) is 35.1. The van der Waals surface area contributed by atoms with E-state index in [2.05, 4.69) is 35.3 Å². The van der Waals surface area contributed by atoms with Crippen LogP contribution in [-0.2, 0) is 4.79 Å². The van der Waals surface area contributed by atoms with Crippen LogP contribution >= 0.6 is 0 Å². The minimum Gasteiger partial charge on any atom is -0.350 e. The van der Waals surface area contributed by atoms with Crippen LogP contribution in [-0.4, -0.2) is 42.5 Å². The second-order valence-electron chi connectivity index (χ2n) is 15.9. The maximum atomic E-state index is 12.4. The number of carbonyl (C=O) groups excluding carboxylic acids is 1. The van der Waals surface area contributed by atoms with E-state index in [-0.39, 0.29) is 5.91 Å². The first-order valence-electron chi connectivity index (χ1n) is 22.9. The van der Waals surface area contributed by atoms with Gasteiger partial charge in [-0.3, -0.25) is 4.79 Å². The molecule has 1 atom stereocenters. The highest BCUT2D eigenvalue weighted by Crippen LogP contribution is 2.16. The van der Waals surface area contributed by atoms with Crippen LogP contribution in [0.5, 0.6) is 0 Å². The Kier molecular flexibility index (Phi) is 36.1. The third-order valence-corrected chi connectivity index (χ3v) is 11.1. The zero-order valence-electron chi connectivity index (χ0n) is 33.8. The third kappa shape index (κ3) is 32.7. The normalized spacial score (nSPS) is 14.5. The Morgan fingerprint density at radius 3 is 1.20 bits per heavy atom. The molecule has 0 saturated heterocycles. The minimum absolute atomic E-state index is 0.244. The lowest BCUT2D eigenvalue weighted by molar-refractivity contribution is -0.558. The summed E-state index contributed by atoms with van der Waals surface area (Å²) in [5, 5.41) is 6.83. The number of unbranched alkanes of at least 4 members (excludes halogenated alkanes) is 33. The highest BCUT2D eigenvalue weighted by molar-refractivity contribution is 5.75. The van der Waals surface area contributed by atoms with Crippen LogP contribution in [0.15, 0.2) is 0 Å². The van der Waals surface area contributed by atoms with Crippen LogP contribution in [0.3, 0.4) is 0 Å². The van der Waals surface area contributed by atoms with Crippen molar-refractivity contribution in [2.75, 3.05) is 19.6 Å². The van der Waals surface area contributed by atoms with Crippen molar-refractivity contribution in [3.05, 3.63) is 0 Å². The topological polar surface area (TPSA) is 44.1 Å². The standard InChI is InChI=1S/C45H89N3O/c1-3-5-7-9-11-13-15-17-19-21-22-23-25-27-29-31-33-35-37-39-45(49)47-41-43-48-42-40-46-44(48)38-36-34-32-30-28-26-24-20-18-16-14-12-10-8-6-4-2/h42,44,46H,3-41,43H2,1-2H3/p+1. The molecule has 1 aliphatic rings. The fraction of sp³-hybridized carbons (Fsp3) is 0.956. The zero-order valence-corrected chi connectivity index (χ0v) is 33.8. The second-order valence-corrected chi connectivity index (χ2v) is 15.9. The maximum absolute atomic E-state index is 12.4. The molecule has 0 aromatic heterocycles. The molecule has 4 heteroatoms. The van der Waals surface area contributed by atoms with Crippen molar-refractivity contribution in [3.8, 4) is 0 Å². The Morgan fingerprint density at radius 1 is 0.510 bits per heavy atom. The molecule has 1 unspecified atom stereocenters. The number of amides is 1. The molecular weight excluding hydrogens is 599 g/mol. The smallest absolute Gasteiger partial charge is 0.220 e. The fourth-order valence-corrected chi connectivity index (χ4v) is 7.73. The average Bonchev–Trinajstić information content (AvgIpc) is 3.56. The van der Waals surface area contributed by atoms with Crippen LogP contribution in [0.2, 0.25) is 0 Å². The number of nitrogens with one attached hydrogen (secondary N) is 2. The van der Waals surface area contributed by atoms with Gasteiger partial charge in [-0.05, 0) is 12.8 Å². The maximum Gasteiger partial charge on any atom is 0.220 e. The second kappa shape index (κ2) is 38.3. The largest absolute Gasteiger partial charge is 0.350 e. The number of rotatable bonds is 40. The van der Waals surface area contributed by atoms with Gasteiger partial charge in [-0.1, -0.05) is 226 Å². The summed E-state index contributed by atoms with van der Waals surface area (Å²) in [4.78, 5) is 12.4. The molecule has 1 heterocycles. The van der Waals surface area contributed by atoms with E-state index in [9.17, 15) is 4.79 Å². The van der Waals surface area contributed by atoms with Crippen LogP contribution in [0.4, 0.5) is 0 Å². The lowest BCUT2D eigenvalue weighted by Crippen LogP contribution is -2.37. The molecule has 0 fully saturated rings. The lowest BCUT2D eigenvalue weighted by Gasteiger charge is -2.12. The van der Waals surface area contributed by atoms with E-state index in [1.807, 2.05) is 0 Å². The molecule has 0 aromatic carbocycles. The first kappa shape index (κ1) is 46.1. The van der Waals surface area contributed by atoms with Crippen molar-refractivity contribution in [2.45, 2.75) is 258 Å². The number of nitrogens with zero attached hydrogens (tertiary/aromatic N) is 1. The lowest BCUT2D eigenvalue weighted by atomic mass is 10.0. The monoisotopic (exact) mass is 689 g/mol. The van der Waals surface area contributed by atoms with Crippen molar-refractivity contribution in [1.29, 1.82) is 0 Å². The number of hydrogen-bond acceptors (Lipinski definition) is 2. The van der Waals surface area contributed by atoms with Crippen molar-refractivity contribution in [3.63, 3.8) is 0 Å². The van der Waals surface area contributed by atoms with Crippen LogP contribution in [0, 0.1) is 0 Å². The van der Waals surface area contributed by atoms with Crippen LogP contribution in [0.25, 0.3) is 0 Å². The van der Waals surface area contributed by atoms with Crippen molar-refractivity contribution >= 4 is 12.1 Å². The summed E-state index contributed by atoms with van der Waals surface area (Å²) in [6.45, 7) is 7.27. The summed E-state index contributed by atoms with van der Waals surface area (Å²) >= 11 is 0. The summed E-state index contributed by atoms with van der Waals surface area (Å²) in [5.41, 5.74) is 0. The van der Waals surface area contributed by atoms with Gasteiger partial charge >= 0.3 is 0 Å². The predicted octanol–water partition coefficient (Wildman–Crippen LogP) is 13.6. The summed E-state index contributed by atoms with van der Waals surface area (Å²) in [6.07, 6.45) is 53.9. The molecule has 0 radical (unpaired) electrons. The molecule has 49 heavy (non-hydrogen) atoms. The molecule has 0 saturated carbocycles. The van der Waals surface area contributed by atoms with E-state index < -0.39 is 0 Å². The van der Waals surface area contributed by atoms with Gasteiger partial charge in [0, 0.05) is 12.8 Å². The van der Waals surface area contributed by atoms with Crippen molar-refractivity contribution in [2.24, 2.45) is 0 Å². The van der Waals surface area contributed by atoms with E-state index >= 15 is 0 Å². The first-order chi connectivity index (χ1) is 24.3. The molecule has 1 rings (SSSR count). The molecule has 2 N–H and O–H groups in total. The highest BCUT2D eigenvalue weighted by Gasteiger charge is 2.24. The first-order valence-corrected chi connectivity index (χ1v) is 22.9. The van der Waals surface area contributed by atoms with E-state index in [4.69, 9.17) is 0 Å². The third-order valence-electron chi connectivity index (χ3n) is 11.1. The molecule has 0 aliphatic carbocycles. The van der Waals surface area contributed by atoms with E-state index in [1.54, 1.807) is 0 Å².